The first-order valence-electron chi connectivity index (χ1n) is 6.45. The second kappa shape index (κ2) is 6.68. The molecule has 0 aliphatic carbocycles. The zero-order valence-electron chi connectivity index (χ0n) is 11.8. The van der Waals surface area contributed by atoms with Gasteiger partial charge in [-0.3, -0.25) is 4.21 Å². The SMILES string of the molecule is COc1ccc(CS(=O)c2ccc(C)cc2)cc1CN. The van der Waals surface area contributed by atoms with Crippen molar-refractivity contribution in [1.29, 1.82) is 0 Å². The number of hydrogen-bond donors (Lipinski definition) is 1. The average molecular weight is 289 g/mol. The van der Waals surface area contributed by atoms with Gasteiger partial charge in [0, 0.05) is 17.0 Å². The Morgan fingerprint density at radius 2 is 1.85 bits per heavy atom. The van der Waals surface area contributed by atoms with Crippen molar-refractivity contribution in [2.75, 3.05) is 7.11 Å². The maximum atomic E-state index is 12.3. The van der Waals surface area contributed by atoms with E-state index in [1.807, 2.05) is 49.4 Å². The summed E-state index contributed by atoms with van der Waals surface area (Å²) in [6.07, 6.45) is 0. The van der Waals surface area contributed by atoms with Crippen molar-refractivity contribution in [2.24, 2.45) is 5.73 Å². The Hall–Kier alpha value is -1.65. The monoisotopic (exact) mass is 289 g/mol. The molecule has 0 aliphatic heterocycles. The van der Waals surface area contributed by atoms with Gasteiger partial charge >= 0.3 is 0 Å². The van der Waals surface area contributed by atoms with Crippen LogP contribution in [-0.4, -0.2) is 11.3 Å². The molecule has 0 radical (unpaired) electrons. The number of benzene rings is 2. The minimum absolute atomic E-state index is 0.411. The Morgan fingerprint density at radius 3 is 2.45 bits per heavy atom. The minimum atomic E-state index is -1.04. The van der Waals surface area contributed by atoms with Gasteiger partial charge in [-0.15, -0.1) is 0 Å². The lowest BCUT2D eigenvalue weighted by atomic mass is 10.1. The molecule has 0 heterocycles. The van der Waals surface area contributed by atoms with E-state index in [0.29, 0.717) is 12.3 Å². The quantitative estimate of drug-likeness (QED) is 0.921. The number of hydrogen-bond acceptors (Lipinski definition) is 3. The van der Waals surface area contributed by atoms with Gasteiger partial charge in [0.05, 0.1) is 23.7 Å². The van der Waals surface area contributed by atoms with Gasteiger partial charge in [-0.05, 0) is 36.8 Å². The van der Waals surface area contributed by atoms with E-state index in [2.05, 4.69) is 0 Å². The number of nitrogens with two attached hydrogens (primary N) is 1. The molecule has 2 N–H and O–H groups in total. The first-order chi connectivity index (χ1) is 9.63. The van der Waals surface area contributed by atoms with Crippen LogP contribution in [-0.2, 0) is 23.1 Å². The molecular formula is C16H19NO2S. The van der Waals surface area contributed by atoms with Crippen LogP contribution in [0.2, 0.25) is 0 Å². The van der Waals surface area contributed by atoms with E-state index in [9.17, 15) is 4.21 Å². The van der Waals surface area contributed by atoms with Crippen LogP contribution in [0.15, 0.2) is 47.4 Å². The Bertz CT molecular complexity index is 608. The first-order valence-corrected chi connectivity index (χ1v) is 7.77. The highest BCUT2D eigenvalue weighted by Gasteiger charge is 2.08. The highest BCUT2D eigenvalue weighted by atomic mass is 32.2. The summed E-state index contributed by atoms with van der Waals surface area (Å²) in [5.41, 5.74) is 8.81. The fraction of sp³-hybridized carbons (Fsp3) is 0.250. The fourth-order valence-electron chi connectivity index (χ4n) is 2.01. The Kier molecular flexibility index (Phi) is 4.93. The lowest BCUT2D eigenvalue weighted by molar-refractivity contribution is 0.409. The Labute approximate surface area is 122 Å². The Morgan fingerprint density at radius 1 is 1.15 bits per heavy atom. The van der Waals surface area contributed by atoms with Crippen LogP contribution >= 0.6 is 0 Å². The van der Waals surface area contributed by atoms with Gasteiger partial charge in [-0.1, -0.05) is 23.8 Å². The third-order valence-corrected chi connectivity index (χ3v) is 4.54. The summed E-state index contributed by atoms with van der Waals surface area (Å²) in [6, 6.07) is 13.6. The molecule has 1 unspecified atom stereocenters. The third-order valence-electron chi connectivity index (χ3n) is 3.15. The number of methoxy groups -OCH3 is 1. The maximum absolute atomic E-state index is 12.3. The van der Waals surface area contributed by atoms with Crippen molar-refractivity contribution in [3.63, 3.8) is 0 Å². The summed E-state index contributed by atoms with van der Waals surface area (Å²) < 4.78 is 17.6. The normalized spacial score (nSPS) is 12.2. The van der Waals surface area contributed by atoms with Crippen molar-refractivity contribution < 1.29 is 8.95 Å². The van der Waals surface area contributed by atoms with Crippen molar-refractivity contribution in [3.8, 4) is 5.75 Å². The largest absolute Gasteiger partial charge is 0.496 e. The standard InChI is InChI=1S/C16H19NO2S/c1-12-3-6-15(7-4-12)20(18)11-13-5-8-16(19-2)14(9-13)10-17/h3-9H,10-11,17H2,1-2H3. The zero-order chi connectivity index (χ0) is 14.5. The molecule has 0 fully saturated rings. The molecule has 3 nitrogen and oxygen atoms in total. The van der Waals surface area contributed by atoms with Crippen LogP contribution in [0.25, 0.3) is 0 Å². The smallest absolute Gasteiger partial charge is 0.123 e. The van der Waals surface area contributed by atoms with Crippen LogP contribution in [0, 0.1) is 6.92 Å². The van der Waals surface area contributed by atoms with Crippen molar-refractivity contribution in [3.05, 3.63) is 59.2 Å². The minimum Gasteiger partial charge on any atom is -0.496 e. The highest BCUT2D eigenvalue weighted by Crippen LogP contribution is 2.21. The number of aryl methyl sites for hydroxylation is 1. The second-order valence-electron chi connectivity index (χ2n) is 4.65. The average Bonchev–Trinajstić information content (AvgIpc) is 2.47. The predicted molar refractivity (Wildman–Crippen MR) is 82.2 cm³/mol. The summed E-state index contributed by atoms with van der Waals surface area (Å²) in [6.45, 7) is 2.43. The summed E-state index contributed by atoms with van der Waals surface area (Å²) in [5.74, 6) is 1.26. The van der Waals surface area contributed by atoms with Crippen molar-refractivity contribution in [1.82, 2.24) is 0 Å². The summed E-state index contributed by atoms with van der Waals surface area (Å²) in [7, 11) is 0.581. The molecule has 0 saturated carbocycles. The summed E-state index contributed by atoms with van der Waals surface area (Å²) >= 11 is 0. The van der Waals surface area contributed by atoms with Crippen LogP contribution in [0.1, 0.15) is 16.7 Å². The first kappa shape index (κ1) is 14.8. The molecule has 0 spiro atoms. The van der Waals surface area contributed by atoms with E-state index < -0.39 is 10.8 Å². The number of rotatable bonds is 5. The van der Waals surface area contributed by atoms with Gasteiger partial charge in [0.1, 0.15) is 5.75 Å². The highest BCUT2D eigenvalue weighted by molar-refractivity contribution is 7.84. The molecule has 4 heteroatoms. The van der Waals surface area contributed by atoms with E-state index in [0.717, 1.165) is 21.8 Å². The number of ether oxygens (including phenoxy) is 1. The van der Waals surface area contributed by atoms with Crippen LogP contribution < -0.4 is 10.5 Å². The summed E-state index contributed by atoms with van der Waals surface area (Å²) in [5, 5.41) is 0. The van der Waals surface area contributed by atoms with Gasteiger partial charge in [-0.25, -0.2) is 0 Å². The van der Waals surface area contributed by atoms with E-state index in [-0.39, 0.29) is 0 Å². The third kappa shape index (κ3) is 3.46. The van der Waals surface area contributed by atoms with Gasteiger partial charge in [0.25, 0.3) is 0 Å². The molecule has 0 bridgehead atoms. The molecule has 2 aromatic carbocycles. The van der Waals surface area contributed by atoms with Crippen LogP contribution in [0.4, 0.5) is 0 Å². The zero-order valence-corrected chi connectivity index (χ0v) is 12.6. The van der Waals surface area contributed by atoms with E-state index >= 15 is 0 Å². The summed E-state index contributed by atoms with van der Waals surface area (Å²) in [4.78, 5) is 0.848. The second-order valence-corrected chi connectivity index (χ2v) is 6.10. The van der Waals surface area contributed by atoms with E-state index in [4.69, 9.17) is 10.5 Å². The van der Waals surface area contributed by atoms with Crippen LogP contribution in [0.5, 0.6) is 5.75 Å². The molecule has 0 aliphatic rings. The Balaban J connectivity index is 2.17. The van der Waals surface area contributed by atoms with Gasteiger partial charge < -0.3 is 10.5 Å². The maximum Gasteiger partial charge on any atom is 0.123 e. The molecule has 1 atom stereocenters. The van der Waals surface area contributed by atoms with Gasteiger partial charge in [0.2, 0.25) is 0 Å². The van der Waals surface area contributed by atoms with Crippen LogP contribution in [0.3, 0.4) is 0 Å². The molecule has 0 aromatic heterocycles. The molecule has 0 amide bonds. The predicted octanol–water partition coefficient (Wildman–Crippen LogP) is 2.77. The van der Waals surface area contributed by atoms with Gasteiger partial charge in [-0.2, -0.15) is 0 Å². The lowest BCUT2D eigenvalue weighted by Gasteiger charge is -2.09. The molecule has 106 valence electrons. The van der Waals surface area contributed by atoms with Gasteiger partial charge in [0.15, 0.2) is 0 Å². The van der Waals surface area contributed by atoms with Crippen molar-refractivity contribution >= 4 is 10.8 Å². The van der Waals surface area contributed by atoms with E-state index in [1.165, 1.54) is 5.56 Å². The van der Waals surface area contributed by atoms with E-state index in [1.54, 1.807) is 7.11 Å². The fourth-order valence-corrected chi connectivity index (χ4v) is 3.09. The molecule has 2 aromatic rings. The molecule has 2 rings (SSSR count). The molecule has 0 saturated heterocycles. The molecule has 20 heavy (non-hydrogen) atoms. The van der Waals surface area contributed by atoms with Crippen molar-refractivity contribution in [2.45, 2.75) is 24.1 Å². The lowest BCUT2D eigenvalue weighted by Crippen LogP contribution is -2.02. The molecular weight excluding hydrogens is 270 g/mol. The topological polar surface area (TPSA) is 52.3 Å².